The number of hydrogen-bond donors (Lipinski definition) is 1. The Bertz CT molecular complexity index is 841. The first-order valence-electron chi connectivity index (χ1n) is 7.54. The number of halogens is 2. The van der Waals surface area contributed by atoms with Gasteiger partial charge in [0.15, 0.2) is 5.54 Å². The predicted molar refractivity (Wildman–Crippen MR) is 95.7 cm³/mol. The van der Waals surface area contributed by atoms with Crippen molar-refractivity contribution in [1.82, 2.24) is 4.90 Å². The number of likely N-dealkylation sites (N-methyl/N-ethyl adjacent to an activating group) is 1. The van der Waals surface area contributed by atoms with Gasteiger partial charge in [0.1, 0.15) is 0 Å². The van der Waals surface area contributed by atoms with Crippen molar-refractivity contribution in [1.29, 1.82) is 0 Å². The molecule has 25 heavy (non-hydrogen) atoms. The molecule has 0 aromatic heterocycles. The van der Waals surface area contributed by atoms with E-state index in [-0.39, 0.29) is 5.02 Å². The molecule has 2 unspecified atom stereocenters. The molecule has 1 aliphatic rings. The molecule has 1 radical (unpaired) electrons. The minimum absolute atomic E-state index is 0.228. The highest BCUT2D eigenvalue weighted by Crippen LogP contribution is 2.42. The average molecular weight is 378 g/mol. The van der Waals surface area contributed by atoms with E-state index >= 15 is 0 Å². The third kappa shape index (κ3) is 2.51. The van der Waals surface area contributed by atoms with E-state index < -0.39 is 23.6 Å². The van der Waals surface area contributed by atoms with Gasteiger partial charge in [-0.25, -0.2) is 9.69 Å². The fourth-order valence-electron chi connectivity index (χ4n) is 3.21. The molecule has 129 valence electrons. The summed E-state index contributed by atoms with van der Waals surface area (Å²) < 4.78 is 0. The number of aliphatic hydroxyl groups excluding tert-OH is 1. The Kier molecular flexibility index (Phi) is 4.49. The van der Waals surface area contributed by atoms with Crippen LogP contribution in [0.25, 0.3) is 0 Å². The quantitative estimate of drug-likeness (QED) is 0.833. The van der Waals surface area contributed by atoms with Gasteiger partial charge in [-0.1, -0.05) is 47.5 Å². The maximum Gasteiger partial charge on any atom is 0.332 e. The second-order valence-corrected chi connectivity index (χ2v) is 6.63. The van der Waals surface area contributed by atoms with Crippen molar-refractivity contribution in [3.63, 3.8) is 0 Å². The summed E-state index contributed by atoms with van der Waals surface area (Å²) in [6.07, 6.45) is -1.14. The van der Waals surface area contributed by atoms with Gasteiger partial charge in [0, 0.05) is 7.05 Å². The van der Waals surface area contributed by atoms with E-state index in [1.54, 1.807) is 24.3 Å². The number of hydrogen-bond acceptors (Lipinski definition) is 3. The molecule has 1 heterocycles. The smallest absolute Gasteiger partial charge is 0.332 e. The monoisotopic (exact) mass is 377 g/mol. The predicted octanol–water partition coefficient (Wildman–Crippen LogP) is 3.47. The molecule has 0 saturated carbocycles. The first-order chi connectivity index (χ1) is 11.8. The molecule has 0 aliphatic carbocycles. The van der Waals surface area contributed by atoms with Gasteiger partial charge in [-0.05, 0) is 36.8 Å². The van der Waals surface area contributed by atoms with E-state index in [0.29, 0.717) is 16.3 Å². The maximum atomic E-state index is 13.3. The molecule has 2 aromatic rings. The van der Waals surface area contributed by atoms with Crippen LogP contribution in [-0.2, 0) is 10.3 Å². The molecule has 1 aliphatic heterocycles. The van der Waals surface area contributed by atoms with Crippen LogP contribution < -0.4 is 4.90 Å². The van der Waals surface area contributed by atoms with Crippen molar-refractivity contribution >= 4 is 40.8 Å². The van der Waals surface area contributed by atoms with Gasteiger partial charge in [-0.15, -0.1) is 0 Å². The highest BCUT2D eigenvalue weighted by atomic mass is 35.5. The van der Waals surface area contributed by atoms with E-state index in [1.165, 1.54) is 37.1 Å². The molecule has 5 nitrogen and oxygen atoms in total. The number of benzene rings is 2. The molecule has 7 heteroatoms. The average Bonchev–Trinajstić information content (AvgIpc) is 2.78. The first kappa shape index (κ1) is 17.7. The first-order valence-corrected chi connectivity index (χ1v) is 8.29. The number of carbonyl (C=O) groups is 2. The second kappa shape index (κ2) is 6.33. The van der Waals surface area contributed by atoms with Crippen LogP contribution in [0, 0.1) is 6.07 Å². The van der Waals surface area contributed by atoms with E-state index in [9.17, 15) is 14.7 Å². The zero-order chi connectivity index (χ0) is 18.4. The molecule has 1 fully saturated rings. The van der Waals surface area contributed by atoms with Gasteiger partial charge >= 0.3 is 6.03 Å². The topological polar surface area (TPSA) is 60.9 Å². The summed E-state index contributed by atoms with van der Waals surface area (Å²) in [4.78, 5) is 28.4. The van der Waals surface area contributed by atoms with Crippen LogP contribution in [0.4, 0.5) is 10.5 Å². The summed E-state index contributed by atoms with van der Waals surface area (Å²) in [5.74, 6) is -0.556. The third-order valence-corrected chi connectivity index (χ3v) is 5.20. The molecule has 2 atom stereocenters. The lowest BCUT2D eigenvalue weighted by atomic mass is 9.83. The van der Waals surface area contributed by atoms with Crippen molar-refractivity contribution in [3.05, 3.63) is 64.1 Å². The van der Waals surface area contributed by atoms with E-state index in [0.717, 1.165) is 4.90 Å². The summed E-state index contributed by atoms with van der Waals surface area (Å²) in [5, 5.41) is 11.0. The number of anilines is 1. The number of carbonyl (C=O) groups excluding carboxylic acids is 2. The molecular formula is C18H15Cl2N2O3. The summed E-state index contributed by atoms with van der Waals surface area (Å²) in [6, 6.07) is 13.4. The SMILES string of the molecule is CC(O)C1(c2cc[c]cc2)C(=O)N(c2ccc(Cl)c(Cl)c2)C(=O)N1C. The van der Waals surface area contributed by atoms with E-state index in [4.69, 9.17) is 23.2 Å². The van der Waals surface area contributed by atoms with Crippen LogP contribution in [0.5, 0.6) is 0 Å². The molecule has 0 bridgehead atoms. The summed E-state index contributed by atoms with van der Waals surface area (Å²) >= 11 is 11.9. The zero-order valence-electron chi connectivity index (χ0n) is 13.5. The Morgan fingerprint density at radius 1 is 1.12 bits per heavy atom. The summed E-state index contributed by atoms with van der Waals surface area (Å²) in [6.45, 7) is 1.48. The lowest BCUT2D eigenvalue weighted by Crippen LogP contribution is -2.53. The van der Waals surface area contributed by atoms with Crippen LogP contribution in [0.1, 0.15) is 12.5 Å². The molecule has 1 N–H and O–H groups in total. The molecule has 0 spiro atoms. The van der Waals surface area contributed by atoms with Gasteiger partial charge in [-0.3, -0.25) is 4.79 Å². The minimum Gasteiger partial charge on any atom is -0.390 e. The highest BCUT2D eigenvalue weighted by Gasteiger charge is 2.60. The van der Waals surface area contributed by atoms with Gasteiger partial charge in [0.05, 0.1) is 21.8 Å². The number of aliphatic hydroxyl groups is 1. The Morgan fingerprint density at radius 2 is 1.76 bits per heavy atom. The summed E-state index contributed by atoms with van der Waals surface area (Å²) in [7, 11) is 1.49. The Balaban J connectivity index is 2.18. The Labute approximate surface area is 155 Å². The highest BCUT2D eigenvalue weighted by molar-refractivity contribution is 6.42. The Morgan fingerprint density at radius 3 is 2.32 bits per heavy atom. The third-order valence-electron chi connectivity index (χ3n) is 4.46. The number of imide groups is 1. The lowest BCUT2D eigenvalue weighted by Gasteiger charge is -2.35. The second-order valence-electron chi connectivity index (χ2n) is 5.81. The number of urea groups is 1. The van der Waals surface area contributed by atoms with Crippen molar-refractivity contribution in [2.24, 2.45) is 0 Å². The maximum absolute atomic E-state index is 13.3. The van der Waals surface area contributed by atoms with Crippen LogP contribution in [-0.4, -0.2) is 35.1 Å². The zero-order valence-corrected chi connectivity index (χ0v) is 15.0. The molecule has 2 aromatic carbocycles. The molecule has 3 amide bonds. The number of amides is 3. The standard InChI is InChI=1S/C18H15Cl2N2O3/c1-11(23)18(12-6-4-3-5-7-12)16(24)22(17(25)21(18)2)13-8-9-14(19)15(20)10-13/h4-11,23H,1-2H3. The van der Waals surface area contributed by atoms with E-state index in [2.05, 4.69) is 6.07 Å². The van der Waals surface area contributed by atoms with Crippen molar-refractivity contribution in [2.75, 3.05) is 11.9 Å². The Hall–Kier alpha value is -2.08. The van der Waals surface area contributed by atoms with Crippen LogP contribution in [0.3, 0.4) is 0 Å². The van der Waals surface area contributed by atoms with Crippen molar-refractivity contribution in [3.8, 4) is 0 Å². The van der Waals surface area contributed by atoms with Crippen molar-refractivity contribution in [2.45, 2.75) is 18.6 Å². The summed E-state index contributed by atoms with van der Waals surface area (Å²) in [5.41, 5.74) is -0.732. The molecule has 3 rings (SSSR count). The van der Waals surface area contributed by atoms with E-state index in [1.807, 2.05) is 0 Å². The van der Waals surface area contributed by atoms with Gasteiger partial charge < -0.3 is 10.0 Å². The fraction of sp³-hybridized carbons (Fsp3) is 0.222. The molecule has 1 saturated heterocycles. The van der Waals surface area contributed by atoms with Crippen molar-refractivity contribution < 1.29 is 14.7 Å². The largest absolute Gasteiger partial charge is 0.390 e. The number of rotatable bonds is 3. The van der Waals surface area contributed by atoms with Gasteiger partial charge in [-0.2, -0.15) is 0 Å². The minimum atomic E-state index is -1.53. The van der Waals surface area contributed by atoms with Crippen LogP contribution >= 0.6 is 23.2 Å². The van der Waals surface area contributed by atoms with Crippen LogP contribution in [0.15, 0.2) is 42.5 Å². The lowest BCUT2D eigenvalue weighted by molar-refractivity contribution is -0.130. The van der Waals surface area contributed by atoms with Crippen LogP contribution in [0.2, 0.25) is 10.0 Å². The fourth-order valence-corrected chi connectivity index (χ4v) is 3.50. The number of nitrogens with zero attached hydrogens (tertiary/aromatic N) is 2. The van der Waals surface area contributed by atoms with Gasteiger partial charge in [0.2, 0.25) is 0 Å². The molecular weight excluding hydrogens is 363 g/mol. The van der Waals surface area contributed by atoms with Gasteiger partial charge in [0.25, 0.3) is 5.91 Å². The normalized spacial score (nSPS) is 21.8.